The zero-order valence-corrected chi connectivity index (χ0v) is 7.57. The van der Waals surface area contributed by atoms with E-state index in [1.165, 1.54) is 12.1 Å². The van der Waals surface area contributed by atoms with Crippen molar-refractivity contribution in [3.05, 3.63) is 46.7 Å². The van der Waals surface area contributed by atoms with Gasteiger partial charge in [-0.15, -0.1) is 0 Å². The molecule has 0 aliphatic heterocycles. The van der Waals surface area contributed by atoms with Gasteiger partial charge in [-0.1, -0.05) is 34.6 Å². The molecule has 1 aromatic rings. The summed E-state index contributed by atoms with van der Waals surface area (Å²) in [6, 6.07) is 6.50. The van der Waals surface area contributed by atoms with Crippen LogP contribution in [0.3, 0.4) is 0 Å². The van der Waals surface area contributed by atoms with E-state index in [4.69, 9.17) is 0 Å². The Bertz CT molecular complexity index is 268. The van der Waals surface area contributed by atoms with Gasteiger partial charge in [-0.2, -0.15) is 0 Å². The van der Waals surface area contributed by atoms with Crippen LogP contribution >= 0.6 is 15.9 Å². The first-order valence-corrected chi connectivity index (χ1v) is 4.05. The Morgan fingerprint density at radius 3 is 2.82 bits per heavy atom. The maximum absolute atomic E-state index is 12.6. The largest absolute Gasteiger partial charge is 0.207 e. The summed E-state index contributed by atoms with van der Waals surface area (Å²) >= 11 is 3.22. The Kier molecular flexibility index (Phi) is 2.83. The van der Waals surface area contributed by atoms with E-state index < -0.39 is 0 Å². The molecule has 0 N–H and O–H groups in total. The van der Waals surface area contributed by atoms with Crippen molar-refractivity contribution in [1.29, 1.82) is 0 Å². The smallest absolute Gasteiger partial charge is 0.123 e. The van der Waals surface area contributed by atoms with Gasteiger partial charge in [0.2, 0.25) is 0 Å². The van der Waals surface area contributed by atoms with Crippen LogP contribution in [0.25, 0.3) is 0 Å². The second-order valence-electron chi connectivity index (χ2n) is 2.32. The molecule has 0 atom stereocenters. The highest BCUT2D eigenvalue weighted by Gasteiger charge is 1.94. The van der Waals surface area contributed by atoms with E-state index >= 15 is 0 Å². The van der Waals surface area contributed by atoms with Crippen LogP contribution in [0.4, 0.5) is 4.39 Å². The van der Waals surface area contributed by atoms with Crippen LogP contribution in [-0.2, 0) is 6.42 Å². The van der Waals surface area contributed by atoms with Crippen LogP contribution in [0.2, 0.25) is 0 Å². The van der Waals surface area contributed by atoms with Crippen molar-refractivity contribution >= 4 is 15.9 Å². The van der Waals surface area contributed by atoms with Crippen molar-refractivity contribution < 1.29 is 4.39 Å². The fourth-order valence-electron chi connectivity index (χ4n) is 0.868. The predicted molar refractivity (Wildman–Crippen MR) is 48.2 cm³/mol. The first-order valence-electron chi connectivity index (χ1n) is 3.26. The molecule has 0 aromatic heterocycles. The van der Waals surface area contributed by atoms with Crippen LogP contribution in [0.15, 0.2) is 35.3 Å². The number of halogens is 2. The zero-order valence-electron chi connectivity index (χ0n) is 5.98. The lowest BCUT2D eigenvalue weighted by Gasteiger charge is -1.97. The minimum atomic E-state index is -0.198. The monoisotopic (exact) mass is 214 g/mol. The molecule has 0 heterocycles. The Labute approximate surface area is 73.9 Å². The Morgan fingerprint density at radius 2 is 2.27 bits per heavy atom. The highest BCUT2D eigenvalue weighted by molar-refractivity contribution is 9.11. The van der Waals surface area contributed by atoms with Gasteiger partial charge < -0.3 is 0 Å². The average Bonchev–Trinajstić information content (AvgIpc) is 1.85. The molecule has 0 saturated carbocycles. The maximum Gasteiger partial charge on any atom is 0.123 e. The first-order chi connectivity index (χ1) is 5.18. The van der Waals surface area contributed by atoms with Crippen LogP contribution in [0.1, 0.15) is 5.56 Å². The molecule has 0 nitrogen and oxygen atoms in total. The van der Waals surface area contributed by atoms with E-state index in [1.807, 2.05) is 6.07 Å². The van der Waals surface area contributed by atoms with Crippen molar-refractivity contribution in [3.63, 3.8) is 0 Å². The molecule has 0 bridgehead atoms. The molecule has 0 fully saturated rings. The zero-order chi connectivity index (χ0) is 8.27. The predicted octanol–water partition coefficient (Wildman–Crippen LogP) is 3.28. The molecule has 0 saturated heterocycles. The topological polar surface area (TPSA) is 0 Å². The second kappa shape index (κ2) is 3.67. The van der Waals surface area contributed by atoms with Crippen molar-refractivity contribution in [3.8, 4) is 0 Å². The summed E-state index contributed by atoms with van der Waals surface area (Å²) in [5, 5.41) is 0. The average molecular weight is 215 g/mol. The van der Waals surface area contributed by atoms with E-state index in [-0.39, 0.29) is 5.82 Å². The van der Waals surface area contributed by atoms with Gasteiger partial charge in [0.05, 0.1) is 0 Å². The van der Waals surface area contributed by atoms with Gasteiger partial charge in [0, 0.05) is 6.42 Å². The third-order valence-electron chi connectivity index (χ3n) is 1.28. The Hall–Kier alpha value is -0.630. The summed E-state index contributed by atoms with van der Waals surface area (Å²) in [4.78, 5) is 0. The minimum Gasteiger partial charge on any atom is -0.207 e. The maximum atomic E-state index is 12.6. The third kappa shape index (κ3) is 2.85. The van der Waals surface area contributed by atoms with Gasteiger partial charge >= 0.3 is 0 Å². The van der Waals surface area contributed by atoms with Crippen molar-refractivity contribution in [1.82, 2.24) is 0 Å². The van der Waals surface area contributed by atoms with E-state index in [2.05, 4.69) is 22.5 Å². The van der Waals surface area contributed by atoms with Crippen molar-refractivity contribution in [2.75, 3.05) is 0 Å². The molecule has 0 radical (unpaired) electrons. The lowest BCUT2D eigenvalue weighted by atomic mass is 10.1. The molecule has 11 heavy (non-hydrogen) atoms. The number of rotatable bonds is 2. The molecule has 0 spiro atoms. The van der Waals surface area contributed by atoms with E-state index in [0.717, 1.165) is 10.0 Å². The van der Waals surface area contributed by atoms with Gasteiger partial charge in [-0.05, 0) is 22.2 Å². The molecule has 58 valence electrons. The highest BCUT2D eigenvalue weighted by Crippen LogP contribution is 2.12. The number of hydrogen-bond donors (Lipinski definition) is 0. The highest BCUT2D eigenvalue weighted by atomic mass is 79.9. The lowest BCUT2D eigenvalue weighted by Crippen LogP contribution is -1.84. The summed E-state index contributed by atoms with van der Waals surface area (Å²) in [5.41, 5.74) is 0.937. The molecule has 1 aromatic carbocycles. The van der Waals surface area contributed by atoms with Gasteiger partial charge in [0.25, 0.3) is 0 Å². The molecule has 0 amide bonds. The fourth-order valence-corrected chi connectivity index (χ4v) is 1.19. The van der Waals surface area contributed by atoms with Gasteiger partial charge in [0.1, 0.15) is 5.82 Å². The number of hydrogen-bond acceptors (Lipinski definition) is 0. The number of benzene rings is 1. The molecule has 0 aliphatic carbocycles. The molecule has 2 heteroatoms. The Balaban J connectivity index is 2.79. The van der Waals surface area contributed by atoms with Crippen LogP contribution in [-0.4, -0.2) is 0 Å². The summed E-state index contributed by atoms with van der Waals surface area (Å²) < 4.78 is 13.4. The standard InChI is InChI=1S/C9H8BrF/c1-7(10)5-8-3-2-4-9(11)6-8/h2-4,6H,1,5H2. The molecular formula is C9H8BrF. The molecule has 0 unspecified atom stereocenters. The van der Waals surface area contributed by atoms with Crippen molar-refractivity contribution in [2.45, 2.75) is 6.42 Å². The third-order valence-corrected chi connectivity index (χ3v) is 1.57. The molecule has 1 rings (SSSR count). The van der Waals surface area contributed by atoms with Gasteiger partial charge in [0.15, 0.2) is 0 Å². The summed E-state index contributed by atoms with van der Waals surface area (Å²) in [6.07, 6.45) is 0.678. The summed E-state index contributed by atoms with van der Waals surface area (Å²) in [7, 11) is 0. The fraction of sp³-hybridized carbons (Fsp3) is 0.111. The van der Waals surface area contributed by atoms with E-state index in [1.54, 1.807) is 6.07 Å². The quantitative estimate of drug-likeness (QED) is 0.710. The van der Waals surface area contributed by atoms with Gasteiger partial charge in [-0.3, -0.25) is 0 Å². The summed E-state index contributed by atoms with van der Waals surface area (Å²) in [6.45, 7) is 3.67. The second-order valence-corrected chi connectivity index (χ2v) is 3.45. The minimum absolute atomic E-state index is 0.198. The Morgan fingerprint density at radius 1 is 1.55 bits per heavy atom. The molecular weight excluding hydrogens is 207 g/mol. The normalized spacial score (nSPS) is 9.64. The summed E-state index contributed by atoms with van der Waals surface area (Å²) in [5.74, 6) is -0.198. The molecule has 0 aliphatic rings. The van der Waals surface area contributed by atoms with Crippen LogP contribution < -0.4 is 0 Å². The van der Waals surface area contributed by atoms with Crippen LogP contribution in [0, 0.1) is 5.82 Å². The first kappa shape index (κ1) is 8.47. The lowest BCUT2D eigenvalue weighted by molar-refractivity contribution is 0.626. The van der Waals surface area contributed by atoms with Crippen LogP contribution in [0.5, 0.6) is 0 Å². The van der Waals surface area contributed by atoms with E-state index in [0.29, 0.717) is 6.42 Å². The van der Waals surface area contributed by atoms with E-state index in [9.17, 15) is 4.39 Å². The van der Waals surface area contributed by atoms with Gasteiger partial charge in [-0.25, -0.2) is 4.39 Å². The SMILES string of the molecule is C=C(Br)Cc1cccc(F)c1. The van der Waals surface area contributed by atoms with Crippen molar-refractivity contribution in [2.24, 2.45) is 0 Å². The number of allylic oxidation sites excluding steroid dienone is 1.